The summed E-state index contributed by atoms with van der Waals surface area (Å²) in [5.41, 5.74) is -3.65. The van der Waals surface area contributed by atoms with Gasteiger partial charge in [-0.2, -0.15) is 0 Å². The van der Waals surface area contributed by atoms with E-state index in [1.54, 1.807) is 13.8 Å². The molecule has 1 unspecified atom stereocenters. The van der Waals surface area contributed by atoms with Crippen LogP contribution in [0.3, 0.4) is 0 Å². The van der Waals surface area contributed by atoms with Crippen molar-refractivity contribution < 1.29 is 30.0 Å². The molecule has 1 fully saturated rings. The van der Waals surface area contributed by atoms with Crippen LogP contribution in [-0.2, 0) is 23.6 Å². The van der Waals surface area contributed by atoms with Gasteiger partial charge in [-0.1, -0.05) is 32.0 Å². The van der Waals surface area contributed by atoms with Gasteiger partial charge in [0.1, 0.15) is 5.76 Å². The number of hydrogen-bond acceptors (Lipinski definition) is 8. The Morgan fingerprint density at radius 1 is 1.08 bits per heavy atom. The molecule has 1 atom stereocenters. The van der Waals surface area contributed by atoms with Gasteiger partial charge in [-0.3, -0.25) is 24.3 Å². The number of aliphatic hydroxyl groups is 1. The second-order valence-corrected chi connectivity index (χ2v) is 9.95. The largest absolute Gasteiger partial charge is 0.860 e. The molecule has 0 radical (unpaired) electrons. The summed E-state index contributed by atoms with van der Waals surface area (Å²) in [5, 5.41) is 37.7. The van der Waals surface area contributed by atoms with Gasteiger partial charge in [0.05, 0.1) is 37.1 Å². The quantitative estimate of drug-likeness (QED) is 0.421. The van der Waals surface area contributed by atoms with Gasteiger partial charge in [-0.25, -0.2) is 4.79 Å². The number of nitro benzene ring substituents is 1. The highest BCUT2D eigenvalue weighted by Gasteiger charge is 2.41. The molecule has 3 N–H and O–H groups in total. The lowest BCUT2D eigenvalue weighted by Gasteiger charge is -2.34. The summed E-state index contributed by atoms with van der Waals surface area (Å²) in [7, 11) is 2.34. The maximum absolute atomic E-state index is 13.1. The summed E-state index contributed by atoms with van der Waals surface area (Å²) >= 11 is 0. The fourth-order valence-electron chi connectivity index (χ4n) is 4.66. The molecule has 0 bridgehead atoms. The number of morpholine rings is 1. The molecule has 37 heavy (non-hydrogen) atoms. The number of ketones is 1. The first-order valence-corrected chi connectivity index (χ1v) is 11.9. The van der Waals surface area contributed by atoms with E-state index in [0.717, 1.165) is 26.3 Å². The van der Waals surface area contributed by atoms with Gasteiger partial charge in [-0.05, 0) is 11.3 Å². The van der Waals surface area contributed by atoms with Crippen LogP contribution in [0.4, 0.5) is 5.69 Å². The van der Waals surface area contributed by atoms with Crippen LogP contribution >= 0.6 is 0 Å². The first-order valence-electron chi connectivity index (χ1n) is 11.9. The van der Waals surface area contributed by atoms with Crippen LogP contribution in [0, 0.1) is 15.5 Å². The molecule has 1 aliphatic heterocycles. The molecule has 2 aromatic rings. The van der Waals surface area contributed by atoms with Gasteiger partial charge in [0.2, 0.25) is 0 Å². The number of nitro groups is 1. The lowest BCUT2D eigenvalue weighted by Crippen LogP contribution is -2.87. The predicted molar refractivity (Wildman–Crippen MR) is 131 cm³/mol. The van der Waals surface area contributed by atoms with Crippen molar-refractivity contribution in [1.29, 1.82) is 0 Å². The number of benzene rings is 1. The molecule has 0 amide bonds. The number of quaternary nitrogens is 1. The minimum absolute atomic E-state index is 0.0177. The van der Waals surface area contributed by atoms with Crippen LogP contribution < -0.4 is 21.7 Å². The molecular weight excluding hydrogens is 484 g/mol. The van der Waals surface area contributed by atoms with Crippen molar-refractivity contribution in [1.82, 2.24) is 9.13 Å². The summed E-state index contributed by atoms with van der Waals surface area (Å²) in [6.07, 6.45) is 0.106. The second kappa shape index (κ2) is 11.1. The summed E-state index contributed by atoms with van der Waals surface area (Å²) in [6.45, 7) is 7.75. The van der Waals surface area contributed by atoms with Gasteiger partial charge in [0, 0.05) is 49.7 Å². The molecule has 0 saturated carbocycles. The molecule has 1 aromatic heterocycles. The summed E-state index contributed by atoms with van der Waals surface area (Å²) in [5.74, 6) is -3.33. The highest BCUT2D eigenvalue weighted by Crippen LogP contribution is 2.45. The van der Waals surface area contributed by atoms with Crippen LogP contribution in [-0.4, -0.2) is 51.3 Å². The Hall–Kier alpha value is -3.77. The van der Waals surface area contributed by atoms with Crippen molar-refractivity contribution in [2.45, 2.75) is 32.6 Å². The highest BCUT2D eigenvalue weighted by atomic mass is 16.6. The summed E-state index contributed by atoms with van der Waals surface area (Å²) in [4.78, 5) is 49.3. The molecule has 1 aliphatic carbocycles. The van der Waals surface area contributed by atoms with Crippen molar-refractivity contribution in [3.05, 3.63) is 77.7 Å². The van der Waals surface area contributed by atoms with Crippen LogP contribution in [0.5, 0.6) is 5.88 Å². The minimum atomic E-state index is -1.50. The van der Waals surface area contributed by atoms with Crippen molar-refractivity contribution in [2.75, 3.05) is 26.3 Å². The lowest BCUT2D eigenvalue weighted by atomic mass is 9.71. The Morgan fingerprint density at radius 3 is 2.22 bits per heavy atom. The van der Waals surface area contributed by atoms with Crippen molar-refractivity contribution in [2.24, 2.45) is 19.5 Å². The number of ether oxygens (including phenoxy) is 1. The Labute approximate surface area is 213 Å². The fourth-order valence-corrected chi connectivity index (χ4v) is 4.66. The Morgan fingerprint density at radius 2 is 1.70 bits per heavy atom. The standard InChI is InChI=1S/C21H23N3O7.C4H9NO/c1-21(2)9-13(25)16(14(26)10-21)15(11-7-5-6-8-12(11)24(30)31)17-18(27)22(3)20(29)23(4)19(17)28;1-3-6-4-2-5-1/h5-8,15,25,27H,9-10H2,1-4H3;5H,1-4H2. The topological polar surface area (TPSA) is 173 Å². The molecule has 4 rings (SSSR count). The highest BCUT2D eigenvalue weighted by molar-refractivity contribution is 5.99. The van der Waals surface area contributed by atoms with E-state index in [0.29, 0.717) is 9.13 Å². The lowest BCUT2D eigenvalue weighted by molar-refractivity contribution is -0.670. The first-order chi connectivity index (χ1) is 17.4. The van der Waals surface area contributed by atoms with Crippen LogP contribution in [0.15, 0.2) is 45.2 Å². The number of carbonyl (C=O) groups is 1. The number of allylic oxidation sites excluding steroid dienone is 2. The molecule has 1 aromatic carbocycles. The number of nitrogens with zero attached hydrogens (tertiary/aromatic N) is 3. The fraction of sp³-hybridized carbons (Fsp3) is 0.480. The number of aromatic nitrogens is 2. The normalized spacial score (nSPS) is 18.1. The van der Waals surface area contributed by atoms with Gasteiger partial charge in [0.15, 0.2) is 5.78 Å². The third-order valence-electron chi connectivity index (χ3n) is 6.49. The number of nitrogens with two attached hydrogens (primary N) is 1. The zero-order valence-corrected chi connectivity index (χ0v) is 21.4. The van der Waals surface area contributed by atoms with Crippen LogP contribution in [0.1, 0.15) is 43.7 Å². The minimum Gasteiger partial charge on any atom is -0.860 e. The molecule has 2 aliphatic rings. The van der Waals surface area contributed by atoms with Gasteiger partial charge >= 0.3 is 5.69 Å². The molecule has 1 saturated heterocycles. The van der Waals surface area contributed by atoms with Crippen molar-refractivity contribution in [3.63, 3.8) is 0 Å². The average molecular weight is 517 g/mol. The van der Waals surface area contributed by atoms with E-state index in [-0.39, 0.29) is 29.7 Å². The molecule has 12 heteroatoms. The zero-order chi connectivity index (χ0) is 27.5. The van der Waals surface area contributed by atoms with E-state index >= 15 is 0 Å². The van der Waals surface area contributed by atoms with Crippen molar-refractivity contribution in [3.8, 4) is 5.88 Å². The SMILES string of the molecule is C1COCC[NH2+]1.Cn1c([O-])c(C(C2=C(O)CC(C)(C)CC2=O)c2ccccc2[N+](=O)[O-])c(=O)n(C)c1=O. The Balaban J connectivity index is 0.000000555. The third-order valence-corrected chi connectivity index (χ3v) is 6.49. The molecule has 12 nitrogen and oxygen atoms in total. The number of hydrogen-bond donors (Lipinski definition) is 2. The predicted octanol–water partition coefficient (Wildman–Crippen LogP) is -0.0211. The maximum atomic E-state index is 13.1. The summed E-state index contributed by atoms with van der Waals surface area (Å²) in [6, 6.07) is 5.41. The average Bonchev–Trinajstić information content (AvgIpc) is 2.85. The van der Waals surface area contributed by atoms with Gasteiger partial charge in [0.25, 0.3) is 11.2 Å². The third kappa shape index (κ3) is 5.81. The van der Waals surface area contributed by atoms with E-state index in [9.17, 15) is 34.7 Å². The van der Waals surface area contributed by atoms with Crippen molar-refractivity contribution >= 4 is 11.5 Å². The number of para-hydroxylation sites is 1. The number of aliphatic hydroxyl groups excluding tert-OH is 1. The molecular formula is C25H32N4O8. The van der Waals surface area contributed by atoms with Gasteiger partial charge in [-0.15, -0.1) is 0 Å². The maximum Gasteiger partial charge on any atom is 0.329 e. The zero-order valence-electron chi connectivity index (χ0n) is 21.4. The van der Waals surface area contributed by atoms with E-state index in [1.807, 2.05) is 0 Å². The smallest absolute Gasteiger partial charge is 0.329 e. The first kappa shape index (κ1) is 27.8. The number of Topliss-reactive ketones (excluding diaryl/α,β-unsaturated/α-hetero) is 1. The van der Waals surface area contributed by atoms with E-state index < -0.39 is 50.4 Å². The Kier molecular flexibility index (Phi) is 8.34. The van der Waals surface area contributed by atoms with Crippen LogP contribution in [0.25, 0.3) is 0 Å². The second-order valence-electron chi connectivity index (χ2n) is 9.95. The van der Waals surface area contributed by atoms with E-state index in [2.05, 4.69) is 5.32 Å². The summed E-state index contributed by atoms with van der Waals surface area (Å²) < 4.78 is 6.44. The number of carbonyl (C=O) groups excluding carboxylic acids is 1. The van der Waals surface area contributed by atoms with Crippen LogP contribution in [0.2, 0.25) is 0 Å². The molecule has 0 spiro atoms. The van der Waals surface area contributed by atoms with Gasteiger partial charge < -0.3 is 24.8 Å². The monoisotopic (exact) mass is 516 g/mol. The van der Waals surface area contributed by atoms with E-state index in [4.69, 9.17) is 4.74 Å². The molecule has 200 valence electrons. The molecule has 2 heterocycles. The van der Waals surface area contributed by atoms with E-state index in [1.165, 1.54) is 38.4 Å². The number of rotatable bonds is 4. The Bertz CT molecular complexity index is 1340.